The Morgan fingerprint density at radius 3 is 2.96 bits per heavy atom. The third-order valence-corrected chi connectivity index (χ3v) is 5.01. The number of amidine groups is 1. The summed E-state index contributed by atoms with van der Waals surface area (Å²) < 4.78 is 13.4. The van der Waals surface area contributed by atoms with Crippen LogP contribution < -0.4 is 10.4 Å². The Morgan fingerprint density at radius 2 is 2.21 bits per heavy atom. The van der Waals surface area contributed by atoms with Crippen LogP contribution in [0, 0.1) is 17.1 Å². The van der Waals surface area contributed by atoms with Gasteiger partial charge in [-0.05, 0) is 49.6 Å². The summed E-state index contributed by atoms with van der Waals surface area (Å²) in [6.07, 6.45) is 4.87. The van der Waals surface area contributed by atoms with Gasteiger partial charge >= 0.3 is 0 Å². The normalized spacial score (nSPS) is 13.8. The molecule has 4 N–H and O–H groups in total. The van der Waals surface area contributed by atoms with E-state index in [1.165, 1.54) is 31.2 Å². The van der Waals surface area contributed by atoms with Crippen LogP contribution in [0.25, 0.3) is 11.2 Å². The van der Waals surface area contributed by atoms with Gasteiger partial charge in [-0.1, -0.05) is 11.6 Å². The molecule has 3 aromatic rings. The summed E-state index contributed by atoms with van der Waals surface area (Å²) in [7, 11) is 0. The highest BCUT2D eigenvalue weighted by Gasteiger charge is 2.20. The molecule has 0 bridgehead atoms. The Balaban J connectivity index is 1.53. The molecule has 0 amide bonds. The van der Waals surface area contributed by atoms with E-state index in [-0.39, 0.29) is 16.5 Å². The standard InChI is InChI=1S/C19H20ClFN6O/c20-14-9-12(3-4-15(14)21)27(28)18(22)13-5-8-24-19-17(13)25-16(26-19)6-7-23-10-11-1-2-11/h3-5,8-9,11,22-23,28H,1-2,6-7,10H2,(H,24,25,26). The first-order valence-corrected chi connectivity index (χ1v) is 9.48. The average molecular weight is 403 g/mol. The van der Waals surface area contributed by atoms with Gasteiger partial charge in [0.1, 0.15) is 11.6 Å². The van der Waals surface area contributed by atoms with Crippen molar-refractivity contribution in [2.24, 2.45) is 5.92 Å². The van der Waals surface area contributed by atoms with Crippen LogP contribution in [0.15, 0.2) is 30.5 Å². The second-order valence-corrected chi connectivity index (χ2v) is 7.30. The molecule has 4 rings (SSSR count). The smallest absolute Gasteiger partial charge is 0.178 e. The molecule has 0 spiro atoms. The molecule has 9 heteroatoms. The molecule has 0 aliphatic heterocycles. The van der Waals surface area contributed by atoms with E-state index in [0.29, 0.717) is 28.2 Å². The molecule has 28 heavy (non-hydrogen) atoms. The lowest BCUT2D eigenvalue weighted by Gasteiger charge is -2.18. The molecule has 2 heterocycles. The van der Waals surface area contributed by atoms with Crippen LogP contribution in [0.1, 0.15) is 24.2 Å². The lowest BCUT2D eigenvalue weighted by atomic mass is 10.2. The second kappa shape index (κ2) is 7.83. The molecule has 1 saturated carbocycles. The molecule has 1 aliphatic carbocycles. The fourth-order valence-corrected chi connectivity index (χ4v) is 3.14. The van der Waals surface area contributed by atoms with E-state index in [4.69, 9.17) is 17.0 Å². The molecule has 7 nitrogen and oxygen atoms in total. The van der Waals surface area contributed by atoms with E-state index in [2.05, 4.69) is 20.3 Å². The number of aromatic amines is 1. The number of imidazole rings is 1. The van der Waals surface area contributed by atoms with Crippen LogP contribution in [-0.2, 0) is 6.42 Å². The summed E-state index contributed by atoms with van der Waals surface area (Å²) in [4.78, 5) is 11.9. The average Bonchev–Trinajstić information content (AvgIpc) is 3.42. The molecular weight excluding hydrogens is 383 g/mol. The van der Waals surface area contributed by atoms with Gasteiger partial charge in [-0.3, -0.25) is 10.6 Å². The highest BCUT2D eigenvalue weighted by atomic mass is 35.5. The number of halogens is 2. The van der Waals surface area contributed by atoms with Gasteiger partial charge in [-0.25, -0.2) is 19.4 Å². The number of aromatic nitrogens is 3. The summed E-state index contributed by atoms with van der Waals surface area (Å²) in [6, 6.07) is 5.36. The molecule has 1 fully saturated rings. The molecule has 0 atom stereocenters. The minimum Gasteiger partial charge on any atom is -0.340 e. The maximum absolute atomic E-state index is 13.4. The number of fused-ring (bicyclic) bond motifs is 1. The van der Waals surface area contributed by atoms with E-state index in [9.17, 15) is 9.60 Å². The zero-order valence-electron chi connectivity index (χ0n) is 15.0. The molecule has 2 aromatic heterocycles. The number of H-pyrrole nitrogens is 1. The zero-order valence-corrected chi connectivity index (χ0v) is 15.8. The van der Waals surface area contributed by atoms with Crippen molar-refractivity contribution in [1.29, 1.82) is 5.41 Å². The van der Waals surface area contributed by atoms with E-state index in [1.54, 1.807) is 6.07 Å². The van der Waals surface area contributed by atoms with Gasteiger partial charge < -0.3 is 10.3 Å². The van der Waals surface area contributed by atoms with E-state index in [1.807, 2.05) is 0 Å². The number of hydrogen-bond donors (Lipinski definition) is 4. The van der Waals surface area contributed by atoms with Gasteiger partial charge in [0.15, 0.2) is 11.5 Å². The van der Waals surface area contributed by atoms with Crippen molar-refractivity contribution in [2.45, 2.75) is 19.3 Å². The fraction of sp³-hybridized carbons (Fsp3) is 0.316. The lowest BCUT2D eigenvalue weighted by Crippen LogP contribution is -2.27. The van der Waals surface area contributed by atoms with Crippen LogP contribution in [0.2, 0.25) is 5.02 Å². The van der Waals surface area contributed by atoms with Crippen molar-refractivity contribution in [3.63, 3.8) is 0 Å². The minimum atomic E-state index is -0.592. The molecule has 0 saturated heterocycles. The largest absolute Gasteiger partial charge is 0.340 e. The number of rotatable bonds is 7. The number of nitrogens with one attached hydrogen (secondary N) is 3. The van der Waals surface area contributed by atoms with Crippen molar-refractivity contribution < 1.29 is 9.60 Å². The van der Waals surface area contributed by atoms with Crippen molar-refractivity contribution in [1.82, 2.24) is 20.3 Å². The Bertz CT molecular complexity index is 1020. The van der Waals surface area contributed by atoms with E-state index < -0.39 is 5.82 Å². The van der Waals surface area contributed by atoms with Crippen molar-refractivity contribution in [3.8, 4) is 0 Å². The predicted octanol–water partition coefficient (Wildman–Crippen LogP) is 3.51. The summed E-state index contributed by atoms with van der Waals surface area (Å²) in [5.41, 5.74) is 1.66. The van der Waals surface area contributed by atoms with Gasteiger partial charge in [0.25, 0.3) is 0 Å². The van der Waals surface area contributed by atoms with Crippen LogP contribution in [0.3, 0.4) is 0 Å². The fourth-order valence-electron chi connectivity index (χ4n) is 2.97. The number of hydroxylamine groups is 1. The van der Waals surface area contributed by atoms with Crippen LogP contribution in [-0.4, -0.2) is 39.1 Å². The number of benzene rings is 1. The van der Waals surface area contributed by atoms with Gasteiger partial charge in [-0.2, -0.15) is 0 Å². The zero-order chi connectivity index (χ0) is 19.7. The Morgan fingerprint density at radius 1 is 1.39 bits per heavy atom. The minimum absolute atomic E-state index is 0.133. The van der Waals surface area contributed by atoms with Gasteiger partial charge in [0, 0.05) is 24.7 Å². The lowest BCUT2D eigenvalue weighted by molar-refractivity contribution is 0.312. The first kappa shape index (κ1) is 18.8. The number of anilines is 1. The van der Waals surface area contributed by atoms with E-state index in [0.717, 1.165) is 30.9 Å². The summed E-state index contributed by atoms with van der Waals surface area (Å²) >= 11 is 5.78. The highest BCUT2D eigenvalue weighted by molar-refractivity contribution is 6.31. The third-order valence-electron chi connectivity index (χ3n) is 4.72. The highest BCUT2D eigenvalue weighted by Crippen LogP contribution is 2.27. The van der Waals surface area contributed by atoms with Crippen molar-refractivity contribution >= 4 is 34.3 Å². The number of nitrogens with zero attached hydrogens (tertiary/aromatic N) is 3. The van der Waals surface area contributed by atoms with Crippen LogP contribution in [0.5, 0.6) is 0 Å². The van der Waals surface area contributed by atoms with E-state index >= 15 is 0 Å². The molecule has 1 aliphatic rings. The molecule has 1 aromatic carbocycles. The number of pyridine rings is 1. The van der Waals surface area contributed by atoms with Gasteiger partial charge in [-0.15, -0.1) is 0 Å². The first-order chi connectivity index (χ1) is 13.5. The third kappa shape index (κ3) is 3.99. The summed E-state index contributed by atoms with van der Waals surface area (Å²) in [6.45, 7) is 1.84. The Labute approximate surface area is 166 Å². The maximum Gasteiger partial charge on any atom is 0.178 e. The van der Waals surface area contributed by atoms with Crippen molar-refractivity contribution in [3.05, 3.63) is 52.7 Å². The summed E-state index contributed by atoms with van der Waals surface area (Å²) in [5.74, 6) is 0.794. The molecule has 146 valence electrons. The Hall–Kier alpha value is -2.55. The SMILES string of the molecule is N=C(c1ccnc2nc(CCNCC3CC3)[nH]c12)N(O)c1ccc(F)c(Cl)c1. The maximum atomic E-state index is 13.4. The first-order valence-electron chi connectivity index (χ1n) is 9.10. The second-order valence-electron chi connectivity index (χ2n) is 6.90. The predicted molar refractivity (Wildman–Crippen MR) is 106 cm³/mol. The molecule has 0 radical (unpaired) electrons. The van der Waals surface area contributed by atoms with Crippen LogP contribution >= 0.6 is 11.6 Å². The van der Waals surface area contributed by atoms with Gasteiger partial charge in [0.05, 0.1) is 16.2 Å². The topological polar surface area (TPSA) is 101 Å². The monoisotopic (exact) mass is 402 g/mol. The quantitative estimate of drug-likeness (QED) is 0.210. The number of hydrogen-bond acceptors (Lipinski definition) is 5. The Kier molecular flexibility index (Phi) is 5.25. The summed E-state index contributed by atoms with van der Waals surface area (Å²) in [5, 5.41) is 22.7. The van der Waals surface area contributed by atoms with Crippen LogP contribution in [0.4, 0.5) is 10.1 Å². The molecular formula is C19H20ClFN6O. The van der Waals surface area contributed by atoms with Gasteiger partial charge in [0.2, 0.25) is 0 Å². The molecule has 0 unspecified atom stereocenters. The van der Waals surface area contributed by atoms with Crippen molar-refractivity contribution in [2.75, 3.05) is 18.2 Å².